The SMILES string of the molecule is CCc1ccc(S(=O)(=O)NCC(c2ccc(N(C)C)cc2)N2CCN(c3ccccc3)CC2)cc1. The Balaban J connectivity index is 1.51. The monoisotopic (exact) mass is 492 g/mol. The van der Waals surface area contributed by atoms with Gasteiger partial charge in [0.25, 0.3) is 0 Å². The Morgan fingerprint density at radius 3 is 2.06 bits per heavy atom. The highest BCUT2D eigenvalue weighted by Gasteiger charge is 2.27. The third-order valence-electron chi connectivity index (χ3n) is 6.78. The summed E-state index contributed by atoms with van der Waals surface area (Å²) in [7, 11) is 0.444. The van der Waals surface area contributed by atoms with Gasteiger partial charge in [-0.1, -0.05) is 49.4 Å². The molecule has 7 heteroatoms. The molecule has 0 saturated carbocycles. The van der Waals surface area contributed by atoms with Crippen LogP contribution in [-0.4, -0.2) is 60.1 Å². The number of rotatable bonds is 9. The van der Waals surface area contributed by atoms with Gasteiger partial charge in [-0.3, -0.25) is 4.90 Å². The topological polar surface area (TPSA) is 55.9 Å². The third-order valence-corrected chi connectivity index (χ3v) is 8.22. The van der Waals surface area contributed by atoms with Gasteiger partial charge < -0.3 is 9.80 Å². The van der Waals surface area contributed by atoms with Gasteiger partial charge in [-0.25, -0.2) is 13.1 Å². The first-order chi connectivity index (χ1) is 16.9. The third kappa shape index (κ3) is 6.23. The largest absolute Gasteiger partial charge is 0.378 e. The van der Waals surface area contributed by atoms with E-state index in [1.165, 1.54) is 5.69 Å². The number of piperazine rings is 1. The maximum Gasteiger partial charge on any atom is 0.240 e. The molecule has 1 unspecified atom stereocenters. The zero-order valence-electron chi connectivity index (χ0n) is 20.9. The minimum Gasteiger partial charge on any atom is -0.378 e. The number of aryl methyl sites for hydroxylation is 1. The molecular weight excluding hydrogens is 456 g/mol. The van der Waals surface area contributed by atoms with Crippen molar-refractivity contribution in [2.75, 3.05) is 56.6 Å². The Labute approximate surface area is 210 Å². The molecule has 35 heavy (non-hydrogen) atoms. The molecule has 0 spiro atoms. The fourth-order valence-corrected chi connectivity index (χ4v) is 5.60. The van der Waals surface area contributed by atoms with E-state index < -0.39 is 10.0 Å². The summed E-state index contributed by atoms with van der Waals surface area (Å²) in [5, 5.41) is 0. The first kappa shape index (κ1) is 25.2. The van der Waals surface area contributed by atoms with E-state index >= 15 is 0 Å². The molecule has 1 aliphatic rings. The zero-order valence-corrected chi connectivity index (χ0v) is 21.7. The summed E-state index contributed by atoms with van der Waals surface area (Å²) < 4.78 is 29.1. The smallest absolute Gasteiger partial charge is 0.240 e. The molecule has 1 atom stereocenters. The first-order valence-corrected chi connectivity index (χ1v) is 13.8. The van der Waals surface area contributed by atoms with Crippen LogP contribution in [0.4, 0.5) is 11.4 Å². The predicted molar refractivity (Wildman–Crippen MR) is 145 cm³/mol. The standard InChI is InChI=1S/C28H36N4O2S/c1-4-23-10-16-27(17-11-23)35(33,34)29-22-28(24-12-14-25(15-13-24)30(2)3)32-20-18-31(19-21-32)26-8-6-5-7-9-26/h5-17,28-29H,4,18-22H2,1-3H3. The van der Waals surface area contributed by atoms with Gasteiger partial charge in [0.05, 0.1) is 4.90 Å². The number of hydrogen-bond acceptors (Lipinski definition) is 5. The molecule has 0 aliphatic carbocycles. The van der Waals surface area contributed by atoms with Crippen molar-refractivity contribution in [3.8, 4) is 0 Å². The number of hydrogen-bond donors (Lipinski definition) is 1. The van der Waals surface area contributed by atoms with Crippen LogP contribution in [0, 0.1) is 0 Å². The maximum absolute atomic E-state index is 13.1. The molecule has 0 radical (unpaired) electrons. The van der Waals surface area contributed by atoms with Crippen LogP contribution in [0.15, 0.2) is 83.8 Å². The Hall–Kier alpha value is -2.87. The number of para-hydroxylation sites is 1. The minimum atomic E-state index is -3.60. The van der Waals surface area contributed by atoms with E-state index in [0.717, 1.165) is 49.4 Å². The first-order valence-electron chi connectivity index (χ1n) is 12.3. The summed E-state index contributed by atoms with van der Waals surface area (Å²) in [6, 6.07) is 26.0. The number of anilines is 2. The second-order valence-corrected chi connectivity index (χ2v) is 11.0. The van der Waals surface area contributed by atoms with Crippen LogP contribution in [0.1, 0.15) is 24.1 Å². The van der Waals surface area contributed by atoms with Crippen molar-refractivity contribution in [3.63, 3.8) is 0 Å². The Morgan fingerprint density at radius 1 is 0.857 bits per heavy atom. The molecule has 0 bridgehead atoms. The normalized spacial score (nSPS) is 15.7. The lowest BCUT2D eigenvalue weighted by Gasteiger charge is -2.40. The van der Waals surface area contributed by atoms with Crippen molar-refractivity contribution in [2.45, 2.75) is 24.3 Å². The van der Waals surface area contributed by atoms with Crippen LogP contribution in [0.2, 0.25) is 0 Å². The van der Waals surface area contributed by atoms with Crippen LogP contribution >= 0.6 is 0 Å². The molecule has 1 heterocycles. The highest BCUT2D eigenvalue weighted by Crippen LogP contribution is 2.26. The van der Waals surface area contributed by atoms with Gasteiger partial charge in [0.2, 0.25) is 10.0 Å². The predicted octanol–water partition coefficient (Wildman–Crippen LogP) is 4.16. The lowest BCUT2D eigenvalue weighted by Crippen LogP contribution is -2.49. The van der Waals surface area contributed by atoms with Gasteiger partial charge in [0.15, 0.2) is 0 Å². The van der Waals surface area contributed by atoms with Crippen molar-refractivity contribution in [1.29, 1.82) is 0 Å². The number of nitrogens with one attached hydrogen (secondary N) is 1. The van der Waals surface area contributed by atoms with Crippen molar-refractivity contribution in [2.24, 2.45) is 0 Å². The molecular formula is C28H36N4O2S. The fourth-order valence-electron chi connectivity index (χ4n) is 4.56. The molecule has 0 amide bonds. The highest BCUT2D eigenvalue weighted by atomic mass is 32.2. The molecule has 3 aromatic rings. The van der Waals surface area contributed by atoms with E-state index in [1.807, 2.05) is 32.3 Å². The second kappa shape index (κ2) is 11.2. The van der Waals surface area contributed by atoms with E-state index in [2.05, 4.69) is 74.9 Å². The van der Waals surface area contributed by atoms with Gasteiger partial charge in [-0.05, 0) is 53.9 Å². The molecule has 3 aromatic carbocycles. The number of sulfonamides is 1. The summed E-state index contributed by atoms with van der Waals surface area (Å²) in [4.78, 5) is 7.17. The Kier molecular flexibility index (Phi) is 8.11. The number of nitrogens with zero attached hydrogens (tertiary/aromatic N) is 3. The Morgan fingerprint density at radius 2 is 1.49 bits per heavy atom. The number of benzene rings is 3. The average molecular weight is 493 g/mol. The molecule has 6 nitrogen and oxygen atoms in total. The molecule has 1 aliphatic heterocycles. The van der Waals surface area contributed by atoms with Crippen molar-refractivity contribution in [1.82, 2.24) is 9.62 Å². The minimum absolute atomic E-state index is 0.0474. The molecule has 0 aromatic heterocycles. The van der Waals surface area contributed by atoms with Crippen molar-refractivity contribution >= 4 is 21.4 Å². The van der Waals surface area contributed by atoms with Crippen LogP contribution in [-0.2, 0) is 16.4 Å². The lowest BCUT2D eigenvalue weighted by molar-refractivity contribution is 0.187. The van der Waals surface area contributed by atoms with Crippen LogP contribution in [0.25, 0.3) is 0 Å². The quantitative estimate of drug-likeness (QED) is 0.486. The van der Waals surface area contributed by atoms with Gasteiger partial charge in [-0.2, -0.15) is 0 Å². The van der Waals surface area contributed by atoms with Gasteiger partial charge in [0, 0.05) is 64.2 Å². The maximum atomic E-state index is 13.1. The molecule has 1 fully saturated rings. The Bertz CT molecular complexity index is 1170. The summed E-state index contributed by atoms with van der Waals surface area (Å²) in [6.07, 6.45) is 0.883. The van der Waals surface area contributed by atoms with E-state index in [1.54, 1.807) is 12.1 Å². The van der Waals surface area contributed by atoms with E-state index in [0.29, 0.717) is 11.4 Å². The van der Waals surface area contributed by atoms with Crippen molar-refractivity contribution < 1.29 is 8.42 Å². The molecule has 4 rings (SSSR count). The lowest BCUT2D eigenvalue weighted by atomic mass is 10.0. The van der Waals surface area contributed by atoms with Crippen LogP contribution in [0.3, 0.4) is 0 Å². The van der Waals surface area contributed by atoms with Crippen LogP contribution in [0.5, 0.6) is 0 Å². The van der Waals surface area contributed by atoms with E-state index in [4.69, 9.17) is 0 Å². The summed E-state index contributed by atoms with van der Waals surface area (Å²) >= 11 is 0. The van der Waals surface area contributed by atoms with Gasteiger partial charge in [-0.15, -0.1) is 0 Å². The molecule has 1 saturated heterocycles. The second-order valence-electron chi connectivity index (χ2n) is 9.21. The van der Waals surface area contributed by atoms with Gasteiger partial charge >= 0.3 is 0 Å². The molecule has 186 valence electrons. The summed E-state index contributed by atoms with van der Waals surface area (Å²) in [5.74, 6) is 0. The summed E-state index contributed by atoms with van der Waals surface area (Å²) in [6.45, 7) is 5.92. The average Bonchev–Trinajstić information content (AvgIpc) is 2.90. The van der Waals surface area contributed by atoms with E-state index in [-0.39, 0.29) is 6.04 Å². The highest BCUT2D eigenvalue weighted by molar-refractivity contribution is 7.89. The molecule has 1 N–H and O–H groups in total. The zero-order chi connectivity index (χ0) is 24.8. The van der Waals surface area contributed by atoms with Crippen molar-refractivity contribution in [3.05, 3.63) is 90.0 Å². The fraction of sp³-hybridized carbons (Fsp3) is 0.357. The van der Waals surface area contributed by atoms with Crippen LogP contribution < -0.4 is 14.5 Å². The van der Waals surface area contributed by atoms with Gasteiger partial charge in [0.1, 0.15) is 0 Å². The van der Waals surface area contributed by atoms with E-state index in [9.17, 15) is 8.42 Å². The summed E-state index contributed by atoms with van der Waals surface area (Å²) in [5.41, 5.74) is 4.60.